The summed E-state index contributed by atoms with van der Waals surface area (Å²) < 4.78 is 19.1. The van der Waals surface area contributed by atoms with Crippen molar-refractivity contribution in [2.24, 2.45) is 0 Å². The molecule has 20 heavy (non-hydrogen) atoms. The number of nitrogens with one attached hydrogen (secondary N) is 1. The van der Waals surface area contributed by atoms with Crippen LogP contribution in [0.1, 0.15) is 37.7 Å². The molecule has 1 atom stereocenters. The molecule has 0 aromatic heterocycles. The first-order valence-electron chi connectivity index (χ1n) is 7.49. The summed E-state index contributed by atoms with van der Waals surface area (Å²) in [5, 5.41) is 12.9. The number of hydrogen-bond donors (Lipinski definition) is 2. The van der Waals surface area contributed by atoms with Crippen LogP contribution >= 0.6 is 0 Å². The summed E-state index contributed by atoms with van der Waals surface area (Å²) in [6.07, 6.45) is 5.74. The first-order chi connectivity index (χ1) is 9.75. The molecule has 1 saturated carbocycles. The molecule has 0 spiro atoms. The molecule has 0 bridgehead atoms. The minimum atomic E-state index is -0.538. The van der Waals surface area contributed by atoms with Gasteiger partial charge in [0.2, 0.25) is 0 Å². The Balaban J connectivity index is 1.60. The van der Waals surface area contributed by atoms with Crippen molar-refractivity contribution in [3.05, 3.63) is 35.6 Å². The van der Waals surface area contributed by atoms with Gasteiger partial charge >= 0.3 is 0 Å². The van der Waals surface area contributed by atoms with E-state index in [2.05, 4.69) is 5.32 Å². The Morgan fingerprint density at radius 2 is 2.00 bits per heavy atom. The minimum absolute atomic E-state index is 0.215. The van der Waals surface area contributed by atoms with E-state index in [9.17, 15) is 9.50 Å². The van der Waals surface area contributed by atoms with Crippen LogP contribution in [0, 0.1) is 5.82 Å². The van der Waals surface area contributed by atoms with E-state index in [0.29, 0.717) is 31.4 Å². The van der Waals surface area contributed by atoms with Crippen molar-refractivity contribution in [2.45, 2.75) is 50.9 Å². The summed E-state index contributed by atoms with van der Waals surface area (Å²) in [5.41, 5.74) is 0.618. The molecule has 1 unspecified atom stereocenters. The van der Waals surface area contributed by atoms with Gasteiger partial charge in [-0.15, -0.1) is 0 Å². The second-order valence-electron chi connectivity index (χ2n) is 5.47. The molecule has 2 N–H and O–H groups in total. The molecule has 112 valence electrons. The third-order valence-corrected chi connectivity index (χ3v) is 3.73. The average Bonchev–Trinajstić information content (AvgIpc) is 2.48. The Morgan fingerprint density at radius 3 is 2.75 bits per heavy atom. The van der Waals surface area contributed by atoms with Gasteiger partial charge in [0.05, 0.1) is 18.8 Å². The first kappa shape index (κ1) is 15.4. The van der Waals surface area contributed by atoms with Crippen molar-refractivity contribution < 1.29 is 14.2 Å². The standard InChI is InChI=1S/C16H24FNO2/c17-16-9-5-4-6-13(16)10-18-11-14(19)12-20-15-7-2-1-3-8-15/h4-6,9,14-15,18-19H,1-3,7-8,10-12H2. The highest BCUT2D eigenvalue weighted by molar-refractivity contribution is 5.16. The van der Waals surface area contributed by atoms with E-state index >= 15 is 0 Å². The van der Waals surface area contributed by atoms with Crippen molar-refractivity contribution in [1.29, 1.82) is 0 Å². The monoisotopic (exact) mass is 281 g/mol. The van der Waals surface area contributed by atoms with Gasteiger partial charge in [-0.3, -0.25) is 0 Å². The lowest BCUT2D eigenvalue weighted by Gasteiger charge is -2.23. The number of rotatable bonds is 7. The van der Waals surface area contributed by atoms with E-state index < -0.39 is 6.10 Å². The first-order valence-corrected chi connectivity index (χ1v) is 7.49. The maximum absolute atomic E-state index is 13.4. The van der Waals surface area contributed by atoms with Gasteiger partial charge in [-0.05, 0) is 18.9 Å². The third-order valence-electron chi connectivity index (χ3n) is 3.73. The molecule has 0 saturated heterocycles. The lowest BCUT2D eigenvalue weighted by molar-refractivity contribution is -0.0230. The third kappa shape index (κ3) is 5.19. The molecule has 0 heterocycles. The highest BCUT2D eigenvalue weighted by atomic mass is 19.1. The Hall–Kier alpha value is -0.970. The van der Waals surface area contributed by atoms with E-state index in [1.165, 1.54) is 25.3 Å². The average molecular weight is 281 g/mol. The minimum Gasteiger partial charge on any atom is -0.389 e. The summed E-state index contributed by atoms with van der Waals surface area (Å²) in [6.45, 7) is 1.20. The smallest absolute Gasteiger partial charge is 0.127 e. The van der Waals surface area contributed by atoms with Crippen LogP contribution in [0.15, 0.2) is 24.3 Å². The maximum atomic E-state index is 13.4. The highest BCUT2D eigenvalue weighted by Gasteiger charge is 2.15. The topological polar surface area (TPSA) is 41.5 Å². The predicted octanol–water partition coefficient (Wildman–Crippen LogP) is 2.63. The molecular weight excluding hydrogens is 257 g/mol. The van der Waals surface area contributed by atoms with E-state index in [-0.39, 0.29) is 5.82 Å². The zero-order chi connectivity index (χ0) is 14.2. The van der Waals surface area contributed by atoms with E-state index in [1.807, 2.05) is 6.07 Å². The normalized spacial score (nSPS) is 18.1. The number of aliphatic hydroxyl groups excluding tert-OH is 1. The predicted molar refractivity (Wildman–Crippen MR) is 76.9 cm³/mol. The molecule has 1 aliphatic rings. The van der Waals surface area contributed by atoms with E-state index in [4.69, 9.17) is 4.74 Å². The van der Waals surface area contributed by atoms with Gasteiger partial charge in [-0.1, -0.05) is 37.5 Å². The number of aliphatic hydroxyl groups is 1. The second kappa shape index (κ2) is 8.35. The Bertz CT molecular complexity index is 394. The van der Waals surface area contributed by atoms with Gasteiger partial charge in [0.25, 0.3) is 0 Å². The SMILES string of the molecule is OC(CNCc1ccccc1F)COC1CCCCC1. The van der Waals surface area contributed by atoms with Crippen molar-refractivity contribution in [3.63, 3.8) is 0 Å². The Morgan fingerprint density at radius 1 is 1.25 bits per heavy atom. The van der Waals surface area contributed by atoms with Crippen LogP contribution in [0.2, 0.25) is 0 Å². The van der Waals surface area contributed by atoms with Gasteiger partial charge < -0.3 is 15.2 Å². The van der Waals surface area contributed by atoms with E-state index in [1.54, 1.807) is 12.1 Å². The van der Waals surface area contributed by atoms with Crippen molar-refractivity contribution in [1.82, 2.24) is 5.32 Å². The van der Waals surface area contributed by atoms with Gasteiger partial charge in [0.1, 0.15) is 5.82 Å². The molecule has 1 aromatic carbocycles. The van der Waals surface area contributed by atoms with Crippen LogP contribution in [0.3, 0.4) is 0 Å². The van der Waals surface area contributed by atoms with Crippen LogP contribution in [0.4, 0.5) is 4.39 Å². The summed E-state index contributed by atoms with van der Waals surface area (Å²) >= 11 is 0. The molecule has 2 rings (SSSR count). The number of halogens is 1. The number of benzene rings is 1. The molecule has 3 nitrogen and oxygen atoms in total. The largest absolute Gasteiger partial charge is 0.389 e. The lowest BCUT2D eigenvalue weighted by Crippen LogP contribution is -2.32. The summed E-state index contributed by atoms with van der Waals surface area (Å²) in [7, 11) is 0. The highest BCUT2D eigenvalue weighted by Crippen LogP contribution is 2.20. The van der Waals surface area contributed by atoms with Gasteiger partial charge in [-0.25, -0.2) is 4.39 Å². The molecule has 0 amide bonds. The van der Waals surface area contributed by atoms with Crippen LogP contribution in [-0.4, -0.2) is 30.5 Å². The quantitative estimate of drug-likeness (QED) is 0.807. The van der Waals surface area contributed by atoms with Crippen molar-refractivity contribution in [2.75, 3.05) is 13.2 Å². The van der Waals surface area contributed by atoms with Gasteiger partial charge in [0.15, 0.2) is 0 Å². The lowest BCUT2D eigenvalue weighted by atomic mass is 9.98. The summed E-state index contributed by atoms with van der Waals surface area (Å²) in [4.78, 5) is 0. The molecule has 0 radical (unpaired) electrons. The summed E-state index contributed by atoms with van der Waals surface area (Å²) in [5.74, 6) is -0.215. The molecule has 0 aliphatic heterocycles. The van der Waals surface area contributed by atoms with Crippen molar-refractivity contribution in [3.8, 4) is 0 Å². The van der Waals surface area contributed by atoms with Gasteiger partial charge in [-0.2, -0.15) is 0 Å². The van der Waals surface area contributed by atoms with Gasteiger partial charge in [0, 0.05) is 18.7 Å². The van der Waals surface area contributed by atoms with Crippen LogP contribution in [0.5, 0.6) is 0 Å². The fraction of sp³-hybridized carbons (Fsp3) is 0.625. The molecule has 4 heteroatoms. The zero-order valence-electron chi connectivity index (χ0n) is 11.9. The Labute approximate surface area is 120 Å². The molecular formula is C16H24FNO2. The summed E-state index contributed by atoms with van der Waals surface area (Å²) in [6, 6.07) is 6.67. The Kier molecular flexibility index (Phi) is 6.43. The second-order valence-corrected chi connectivity index (χ2v) is 5.47. The number of hydrogen-bond acceptors (Lipinski definition) is 3. The van der Waals surface area contributed by atoms with E-state index in [0.717, 1.165) is 12.8 Å². The maximum Gasteiger partial charge on any atom is 0.127 e. The molecule has 1 aliphatic carbocycles. The van der Waals surface area contributed by atoms with Crippen LogP contribution < -0.4 is 5.32 Å². The molecule has 1 aromatic rings. The fourth-order valence-corrected chi connectivity index (χ4v) is 2.55. The van der Waals surface area contributed by atoms with Crippen LogP contribution in [0.25, 0.3) is 0 Å². The molecule has 1 fully saturated rings. The number of ether oxygens (including phenoxy) is 1. The van der Waals surface area contributed by atoms with Crippen molar-refractivity contribution >= 4 is 0 Å². The van der Waals surface area contributed by atoms with Crippen LogP contribution in [-0.2, 0) is 11.3 Å². The zero-order valence-corrected chi connectivity index (χ0v) is 11.9. The fourth-order valence-electron chi connectivity index (χ4n) is 2.55.